The fourth-order valence-electron chi connectivity index (χ4n) is 6.65. The van der Waals surface area contributed by atoms with E-state index < -0.39 is 0 Å². The molecular formula is C35H36NO2S+. The monoisotopic (exact) mass is 534 g/mol. The zero-order valence-corrected chi connectivity index (χ0v) is 23.7. The molecule has 0 radical (unpaired) electrons. The third-order valence-corrected chi connectivity index (χ3v) is 9.53. The number of nitrogens with zero attached hydrogens (tertiary/aromatic N) is 1. The summed E-state index contributed by atoms with van der Waals surface area (Å²) in [6, 6.07) is 27.9. The molecule has 1 aliphatic carbocycles. The Hall–Kier alpha value is -3.50. The molecule has 0 amide bonds. The van der Waals surface area contributed by atoms with E-state index in [0.29, 0.717) is 17.4 Å². The van der Waals surface area contributed by atoms with Crippen molar-refractivity contribution in [2.75, 3.05) is 7.05 Å². The van der Waals surface area contributed by atoms with Gasteiger partial charge in [-0.25, -0.2) is 0 Å². The maximum atomic E-state index is 12.4. The van der Waals surface area contributed by atoms with Crippen LogP contribution in [-0.4, -0.2) is 23.3 Å². The molecule has 0 spiro atoms. The van der Waals surface area contributed by atoms with Crippen molar-refractivity contribution in [2.45, 2.75) is 57.3 Å². The molecule has 2 aliphatic rings. The third kappa shape index (κ3) is 5.23. The highest BCUT2D eigenvalue weighted by Crippen LogP contribution is 2.46. The number of fused-ring (bicyclic) bond motifs is 3. The number of carbonyl (C=O) groups is 1. The van der Waals surface area contributed by atoms with Crippen LogP contribution in [0.1, 0.15) is 61.5 Å². The molecule has 1 unspecified atom stereocenters. The molecule has 6 rings (SSSR count). The van der Waals surface area contributed by atoms with E-state index in [2.05, 4.69) is 97.4 Å². The molecule has 4 heteroatoms. The maximum absolute atomic E-state index is 12.4. The Morgan fingerprint density at radius 2 is 1.74 bits per heavy atom. The minimum Gasteiger partial charge on any atom is -0.415 e. The van der Waals surface area contributed by atoms with Crippen molar-refractivity contribution in [1.82, 2.24) is 0 Å². The first-order chi connectivity index (χ1) is 19.0. The Morgan fingerprint density at radius 3 is 2.56 bits per heavy atom. The molecule has 1 atom stereocenters. The molecule has 1 aromatic heterocycles. The summed E-state index contributed by atoms with van der Waals surface area (Å²) >= 11 is 1.53. The lowest BCUT2D eigenvalue weighted by Gasteiger charge is -2.24. The lowest BCUT2D eigenvalue weighted by atomic mass is 9.73. The molecule has 3 nitrogen and oxygen atoms in total. The molecule has 1 fully saturated rings. The van der Waals surface area contributed by atoms with Crippen molar-refractivity contribution in [3.63, 3.8) is 0 Å². The van der Waals surface area contributed by atoms with Crippen molar-refractivity contribution < 1.29 is 14.1 Å². The van der Waals surface area contributed by atoms with E-state index in [4.69, 9.17) is 4.74 Å². The minimum atomic E-state index is -0.199. The lowest BCUT2D eigenvalue weighted by molar-refractivity contribution is -0.401. The van der Waals surface area contributed by atoms with Crippen LogP contribution in [0.5, 0.6) is 5.06 Å². The van der Waals surface area contributed by atoms with Crippen molar-refractivity contribution in [1.29, 1.82) is 0 Å². The predicted molar refractivity (Wildman–Crippen MR) is 162 cm³/mol. The van der Waals surface area contributed by atoms with Crippen LogP contribution < -0.4 is 4.74 Å². The van der Waals surface area contributed by atoms with Crippen molar-refractivity contribution >= 4 is 45.6 Å². The van der Waals surface area contributed by atoms with Crippen molar-refractivity contribution in [3.8, 4) is 5.06 Å². The van der Waals surface area contributed by atoms with Crippen molar-refractivity contribution in [3.05, 3.63) is 101 Å². The van der Waals surface area contributed by atoms with Gasteiger partial charge in [0.25, 0.3) is 0 Å². The zero-order chi connectivity index (χ0) is 26.8. The first kappa shape index (κ1) is 25.8. The Labute approximate surface area is 235 Å². The van der Waals surface area contributed by atoms with Gasteiger partial charge in [-0.1, -0.05) is 91.6 Å². The van der Waals surface area contributed by atoms with E-state index in [-0.39, 0.29) is 11.4 Å². The quantitative estimate of drug-likeness (QED) is 0.167. The zero-order valence-electron chi connectivity index (χ0n) is 22.9. The fourth-order valence-corrected chi connectivity index (χ4v) is 7.43. The van der Waals surface area contributed by atoms with Gasteiger partial charge in [0.05, 0.1) is 5.41 Å². The highest BCUT2D eigenvalue weighted by molar-refractivity contribution is 7.14. The number of esters is 1. The Morgan fingerprint density at radius 1 is 0.974 bits per heavy atom. The van der Waals surface area contributed by atoms with Gasteiger partial charge in [-0.2, -0.15) is 4.58 Å². The summed E-state index contributed by atoms with van der Waals surface area (Å²) in [6.45, 7) is 2.38. The van der Waals surface area contributed by atoms with Gasteiger partial charge in [0.2, 0.25) is 5.69 Å². The van der Waals surface area contributed by atoms with Gasteiger partial charge < -0.3 is 4.74 Å². The molecule has 0 saturated heterocycles. The van der Waals surface area contributed by atoms with Crippen molar-refractivity contribution in [2.24, 2.45) is 5.92 Å². The smallest absolute Gasteiger partial charge is 0.311 e. The second kappa shape index (κ2) is 10.9. The van der Waals surface area contributed by atoms with Gasteiger partial charge in [-0.15, -0.1) is 0 Å². The van der Waals surface area contributed by atoms with Crippen LogP contribution in [0.3, 0.4) is 0 Å². The number of allylic oxidation sites excluding steroid dienone is 1. The van der Waals surface area contributed by atoms with Crippen LogP contribution in [0, 0.1) is 5.92 Å². The average molecular weight is 535 g/mol. The van der Waals surface area contributed by atoms with Crippen LogP contribution in [0.25, 0.3) is 16.8 Å². The van der Waals surface area contributed by atoms with E-state index >= 15 is 0 Å². The Kier molecular flexibility index (Phi) is 7.22. The molecular weight excluding hydrogens is 498 g/mol. The van der Waals surface area contributed by atoms with Crippen LogP contribution in [0.2, 0.25) is 0 Å². The summed E-state index contributed by atoms with van der Waals surface area (Å²) in [4.78, 5) is 13.5. The largest absolute Gasteiger partial charge is 0.415 e. The number of ether oxygens (including phenoxy) is 1. The highest BCUT2D eigenvalue weighted by atomic mass is 32.1. The first-order valence-corrected chi connectivity index (χ1v) is 15.0. The maximum Gasteiger partial charge on any atom is 0.311 e. The summed E-state index contributed by atoms with van der Waals surface area (Å²) in [5.74, 6) is 0.591. The first-order valence-electron chi connectivity index (χ1n) is 14.2. The fraction of sp³-hybridized carbons (Fsp3) is 0.314. The highest BCUT2D eigenvalue weighted by Gasteiger charge is 2.47. The number of benzene rings is 3. The van der Waals surface area contributed by atoms with Gasteiger partial charge >= 0.3 is 5.97 Å². The summed E-state index contributed by atoms with van der Waals surface area (Å²) in [5.41, 5.74) is 5.03. The SMILES string of the molecule is C[N+]1=C(/C=C/c2ccc(OC(=O)CCC3CCCC3)s2)C(C)(Cc2ccccc2)c2c1ccc1ccccc21. The number of rotatable bonds is 8. The Balaban J connectivity index is 1.27. The minimum absolute atomic E-state index is 0.109. The number of thiophene rings is 1. The predicted octanol–water partition coefficient (Wildman–Crippen LogP) is 8.72. The molecule has 198 valence electrons. The number of hydrogen-bond donors (Lipinski definition) is 0. The normalized spacial score (nSPS) is 19.3. The second-order valence-corrected chi connectivity index (χ2v) is 12.4. The number of carbonyl (C=O) groups excluding carboxylic acids is 1. The van der Waals surface area contributed by atoms with Gasteiger partial charge in [0.15, 0.2) is 10.8 Å². The van der Waals surface area contributed by atoms with Gasteiger partial charge in [-0.05, 0) is 66.3 Å². The molecule has 39 heavy (non-hydrogen) atoms. The molecule has 1 aliphatic heterocycles. The van der Waals surface area contributed by atoms with E-state index in [9.17, 15) is 4.79 Å². The Bertz CT molecular complexity index is 1560. The molecule has 1 saturated carbocycles. The van der Waals surface area contributed by atoms with E-state index in [1.165, 1.54) is 70.3 Å². The van der Waals surface area contributed by atoms with E-state index in [1.807, 2.05) is 12.1 Å². The number of hydrogen-bond acceptors (Lipinski definition) is 3. The van der Waals surface area contributed by atoms with Gasteiger partial charge in [0.1, 0.15) is 7.05 Å². The molecule has 2 heterocycles. The molecule has 0 N–H and O–H groups in total. The third-order valence-electron chi connectivity index (χ3n) is 8.60. The topological polar surface area (TPSA) is 29.3 Å². The van der Waals surface area contributed by atoms with E-state index in [0.717, 1.165) is 17.7 Å². The van der Waals surface area contributed by atoms with Crippen LogP contribution in [-0.2, 0) is 16.6 Å². The second-order valence-electron chi connectivity index (χ2n) is 11.3. The molecule has 4 aromatic rings. The summed E-state index contributed by atoms with van der Waals surface area (Å²) in [5, 5.41) is 3.26. The van der Waals surface area contributed by atoms with E-state index in [1.54, 1.807) is 0 Å². The van der Waals surface area contributed by atoms with Gasteiger partial charge in [-0.3, -0.25) is 4.79 Å². The molecule has 0 bridgehead atoms. The van der Waals surface area contributed by atoms with Crippen LogP contribution in [0.4, 0.5) is 5.69 Å². The van der Waals surface area contributed by atoms with Crippen LogP contribution in [0.15, 0.2) is 84.9 Å². The molecule has 3 aromatic carbocycles. The van der Waals surface area contributed by atoms with Crippen LogP contribution >= 0.6 is 11.3 Å². The average Bonchev–Trinajstić information content (AvgIpc) is 3.67. The lowest BCUT2D eigenvalue weighted by Crippen LogP contribution is -2.33. The van der Waals surface area contributed by atoms with Gasteiger partial charge in [0, 0.05) is 29.0 Å². The standard InChI is InChI=1S/C35H36NO2S/c1-35(24-26-12-4-3-5-13-26)31(36(2)30-20-17-27-14-8-9-15-29(27)34(30)35)21-18-28-19-23-33(39-28)38-32(37)22-16-25-10-6-7-11-25/h3-5,8-9,12-15,17-21,23,25H,6-7,10-11,16,22,24H2,1-2H3/q+1/b21-18+. The summed E-state index contributed by atoms with van der Waals surface area (Å²) in [7, 11) is 2.18. The summed E-state index contributed by atoms with van der Waals surface area (Å²) in [6.07, 6.45) is 11.9. The summed E-state index contributed by atoms with van der Waals surface area (Å²) < 4.78 is 8.04.